The van der Waals surface area contributed by atoms with E-state index in [1.165, 1.54) is 11.8 Å². The molecule has 0 fully saturated rings. The molecule has 1 amide bonds. The number of nitrogens with zero attached hydrogens (tertiary/aromatic N) is 1. The van der Waals surface area contributed by atoms with E-state index in [0.717, 1.165) is 58.4 Å². The molecule has 2 aromatic carbocycles. The van der Waals surface area contributed by atoms with Gasteiger partial charge in [0.05, 0.1) is 25.3 Å². The molecule has 1 aromatic heterocycles. The molecule has 0 spiro atoms. The van der Waals surface area contributed by atoms with Gasteiger partial charge in [0.1, 0.15) is 23.6 Å². The second-order valence-corrected chi connectivity index (χ2v) is 9.17. The fourth-order valence-corrected chi connectivity index (χ4v) is 3.85. The van der Waals surface area contributed by atoms with Crippen LogP contribution in [0.3, 0.4) is 0 Å². The van der Waals surface area contributed by atoms with Gasteiger partial charge in [-0.1, -0.05) is 24.3 Å². The summed E-state index contributed by atoms with van der Waals surface area (Å²) in [5.74, 6) is 2.51. The van der Waals surface area contributed by atoms with Crippen molar-refractivity contribution >= 4 is 24.4 Å². The molecule has 1 unspecified atom stereocenters. The van der Waals surface area contributed by atoms with E-state index < -0.39 is 0 Å². The predicted octanol–water partition coefficient (Wildman–Crippen LogP) is 4.48. The van der Waals surface area contributed by atoms with Gasteiger partial charge < -0.3 is 25.1 Å². The van der Waals surface area contributed by atoms with Crippen LogP contribution in [-0.2, 0) is 6.42 Å². The number of ether oxygens (including phenoxy) is 1. The summed E-state index contributed by atoms with van der Waals surface area (Å²) in [5.41, 5.74) is 5.15. The maximum Gasteiger partial charge on any atom is 0.254 e. The molecule has 0 aliphatic carbocycles. The van der Waals surface area contributed by atoms with E-state index in [2.05, 4.69) is 57.8 Å². The van der Waals surface area contributed by atoms with Gasteiger partial charge in [-0.15, -0.1) is 12.6 Å². The number of amides is 1. The first kappa shape index (κ1) is 27.4. The molecular weight excluding hydrogens is 472 g/mol. The van der Waals surface area contributed by atoms with E-state index >= 15 is 0 Å². The molecule has 3 aromatic rings. The zero-order chi connectivity index (χ0) is 26.1. The Bertz CT molecular complexity index is 1160. The number of hydrogen-bond donors (Lipinski definition) is 4. The molecule has 7 nitrogen and oxygen atoms in total. The maximum atomic E-state index is 12.2. The molecule has 3 N–H and O–H groups in total. The lowest BCUT2D eigenvalue weighted by Crippen LogP contribution is -2.25. The van der Waals surface area contributed by atoms with Gasteiger partial charge in [0.15, 0.2) is 0 Å². The SMILES string of the molecule is CNC(C)c1cc(C(=O)NCCc2ccc(C3=NCCN3)cc2)co1.COc1cc(C)c(S)c(C)c1. The van der Waals surface area contributed by atoms with Crippen molar-refractivity contribution in [1.82, 2.24) is 16.0 Å². The summed E-state index contributed by atoms with van der Waals surface area (Å²) < 4.78 is 10.5. The highest BCUT2D eigenvalue weighted by atomic mass is 32.1. The maximum absolute atomic E-state index is 12.2. The molecule has 4 rings (SSSR count). The topological polar surface area (TPSA) is 87.9 Å². The fourth-order valence-electron chi connectivity index (χ4n) is 3.72. The van der Waals surface area contributed by atoms with Crippen molar-refractivity contribution < 1.29 is 13.9 Å². The van der Waals surface area contributed by atoms with E-state index in [1.807, 2.05) is 40.0 Å². The molecule has 1 atom stereocenters. The van der Waals surface area contributed by atoms with Crippen molar-refractivity contribution in [3.8, 4) is 5.75 Å². The zero-order valence-electron chi connectivity index (χ0n) is 21.6. The molecule has 0 saturated heterocycles. The second-order valence-electron chi connectivity index (χ2n) is 8.72. The average molecular weight is 509 g/mol. The lowest BCUT2D eigenvalue weighted by atomic mass is 10.1. The summed E-state index contributed by atoms with van der Waals surface area (Å²) in [5, 5.41) is 9.28. The van der Waals surface area contributed by atoms with Gasteiger partial charge >= 0.3 is 0 Å². The van der Waals surface area contributed by atoms with Crippen LogP contribution in [0.1, 0.15) is 51.3 Å². The van der Waals surface area contributed by atoms with E-state index in [0.29, 0.717) is 12.1 Å². The van der Waals surface area contributed by atoms with Crippen LogP contribution in [0, 0.1) is 13.8 Å². The van der Waals surface area contributed by atoms with E-state index in [-0.39, 0.29) is 11.9 Å². The number of carbonyl (C=O) groups is 1. The lowest BCUT2D eigenvalue weighted by molar-refractivity contribution is 0.0953. The Morgan fingerprint density at radius 2 is 1.89 bits per heavy atom. The van der Waals surface area contributed by atoms with E-state index in [1.54, 1.807) is 13.2 Å². The first-order chi connectivity index (χ1) is 17.3. The van der Waals surface area contributed by atoms with Crippen molar-refractivity contribution in [2.45, 2.75) is 38.1 Å². The van der Waals surface area contributed by atoms with Crippen LogP contribution in [0.25, 0.3) is 0 Å². The molecule has 8 heteroatoms. The van der Waals surface area contributed by atoms with Crippen LogP contribution in [0.15, 0.2) is 63.0 Å². The fraction of sp³-hybridized carbons (Fsp3) is 0.357. The van der Waals surface area contributed by atoms with Crippen molar-refractivity contribution in [3.05, 3.63) is 82.3 Å². The largest absolute Gasteiger partial charge is 0.497 e. The summed E-state index contributed by atoms with van der Waals surface area (Å²) in [6, 6.07) is 14.1. The predicted molar refractivity (Wildman–Crippen MR) is 148 cm³/mol. The number of benzene rings is 2. The Morgan fingerprint density at radius 1 is 1.19 bits per heavy atom. The van der Waals surface area contributed by atoms with Crippen LogP contribution in [0.4, 0.5) is 0 Å². The quantitative estimate of drug-likeness (QED) is 0.337. The average Bonchev–Trinajstić information content (AvgIpc) is 3.60. The number of rotatable bonds is 8. The third-order valence-electron chi connectivity index (χ3n) is 6.04. The normalized spacial score (nSPS) is 13.2. The van der Waals surface area contributed by atoms with Gasteiger partial charge in [-0.25, -0.2) is 0 Å². The number of furan rings is 1. The number of carbonyl (C=O) groups excluding carboxylic acids is 1. The Balaban J connectivity index is 0.000000275. The number of hydrogen-bond acceptors (Lipinski definition) is 7. The summed E-state index contributed by atoms with van der Waals surface area (Å²) in [7, 11) is 3.53. The van der Waals surface area contributed by atoms with Gasteiger partial charge in [-0.3, -0.25) is 9.79 Å². The molecule has 1 aliphatic rings. The van der Waals surface area contributed by atoms with Crippen LogP contribution < -0.4 is 20.7 Å². The number of aryl methyl sites for hydroxylation is 2. The molecule has 0 bridgehead atoms. The highest BCUT2D eigenvalue weighted by Crippen LogP contribution is 2.23. The summed E-state index contributed by atoms with van der Waals surface area (Å²) in [6.07, 6.45) is 2.28. The lowest BCUT2D eigenvalue weighted by Gasteiger charge is -2.06. The van der Waals surface area contributed by atoms with Crippen LogP contribution in [0.5, 0.6) is 5.75 Å². The molecule has 36 heavy (non-hydrogen) atoms. The van der Waals surface area contributed by atoms with Crippen molar-refractivity contribution in [3.63, 3.8) is 0 Å². The Hall–Kier alpha value is -3.23. The molecule has 192 valence electrons. The third-order valence-corrected chi connectivity index (χ3v) is 6.75. The first-order valence-electron chi connectivity index (χ1n) is 12.1. The number of nitrogens with one attached hydrogen (secondary N) is 3. The third kappa shape index (κ3) is 7.38. The molecular formula is C28H36N4O3S. The highest BCUT2D eigenvalue weighted by molar-refractivity contribution is 7.80. The van der Waals surface area contributed by atoms with Gasteiger partial charge in [0.25, 0.3) is 5.91 Å². The van der Waals surface area contributed by atoms with Crippen molar-refractivity contribution in [2.24, 2.45) is 4.99 Å². The molecule has 2 heterocycles. The minimum atomic E-state index is -0.112. The van der Waals surface area contributed by atoms with Gasteiger partial charge in [-0.2, -0.15) is 0 Å². The molecule has 0 saturated carbocycles. The van der Waals surface area contributed by atoms with Crippen LogP contribution >= 0.6 is 12.6 Å². The monoisotopic (exact) mass is 508 g/mol. The zero-order valence-corrected chi connectivity index (χ0v) is 22.5. The van der Waals surface area contributed by atoms with E-state index in [4.69, 9.17) is 9.15 Å². The Morgan fingerprint density at radius 3 is 2.47 bits per heavy atom. The summed E-state index contributed by atoms with van der Waals surface area (Å²) >= 11 is 4.34. The minimum absolute atomic E-state index is 0.0824. The standard InChI is InChI=1S/C19H24N4O2.C9H12OS/c1-13(20-2)17-11-16(12-25-17)19(24)23-8-7-14-3-5-15(6-4-14)18-21-9-10-22-18;1-6-4-8(10-3)5-7(2)9(6)11/h3-6,11-13,20H,7-10H2,1-2H3,(H,21,22)(H,23,24);4-5,11H,1-3H3. The van der Waals surface area contributed by atoms with Crippen molar-refractivity contribution in [1.29, 1.82) is 0 Å². The Labute approximate surface area is 219 Å². The van der Waals surface area contributed by atoms with Gasteiger partial charge in [0.2, 0.25) is 0 Å². The van der Waals surface area contributed by atoms with Crippen LogP contribution in [-0.4, -0.2) is 45.5 Å². The summed E-state index contributed by atoms with van der Waals surface area (Å²) in [6.45, 7) is 8.36. The van der Waals surface area contributed by atoms with Crippen LogP contribution in [0.2, 0.25) is 0 Å². The Kier molecular flexibility index (Phi) is 10.0. The number of amidine groups is 1. The van der Waals surface area contributed by atoms with Crippen molar-refractivity contribution in [2.75, 3.05) is 33.8 Å². The minimum Gasteiger partial charge on any atom is -0.497 e. The smallest absolute Gasteiger partial charge is 0.254 e. The molecule has 0 radical (unpaired) electrons. The number of aliphatic imine (C=N–C) groups is 1. The second kappa shape index (κ2) is 13.2. The first-order valence-corrected chi connectivity index (χ1v) is 12.5. The summed E-state index contributed by atoms with van der Waals surface area (Å²) in [4.78, 5) is 17.6. The van der Waals surface area contributed by atoms with Gasteiger partial charge in [-0.05, 0) is 69.1 Å². The highest BCUT2D eigenvalue weighted by Gasteiger charge is 2.13. The number of methoxy groups -OCH3 is 1. The van der Waals surface area contributed by atoms with E-state index in [9.17, 15) is 4.79 Å². The number of thiol groups is 1. The van der Waals surface area contributed by atoms with Gasteiger partial charge in [0, 0.05) is 23.5 Å². The molecule has 1 aliphatic heterocycles.